The van der Waals surface area contributed by atoms with Crippen LogP contribution in [0.4, 0.5) is 0 Å². The van der Waals surface area contributed by atoms with Crippen LogP contribution in [0.15, 0.2) is 0 Å². The molecule has 0 aromatic rings. The van der Waals surface area contributed by atoms with Crippen LogP contribution in [0.5, 0.6) is 0 Å². The molecule has 0 aliphatic carbocycles. The van der Waals surface area contributed by atoms with Crippen LogP contribution in [0.25, 0.3) is 0 Å². The molecule has 1 unspecified atom stereocenters. The van der Waals surface area contributed by atoms with Crippen molar-refractivity contribution >= 4 is 19.2 Å². The van der Waals surface area contributed by atoms with Crippen LogP contribution < -0.4 is 0 Å². The monoisotopic (exact) mass is 122 g/mol. The molecule has 0 aliphatic rings. The molecule has 38 valence electrons. The lowest BCUT2D eigenvalue weighted by atomic mass is 10.3. The van der Waals surface area contributed by atoms with E-state index >= 15 is 0 Å². The molecule has 0 aromatic heterocycles. The van der Waals surface area contributed by atoms with Gasteiger partial charge in [0, 0.05) is 0 Å². The van der Waals surface area contributed by atoms with Gasteiger partial charge in [0.25, 0.3) is 0 Å². The average Bonchev–Trinajstić information content (AvgIpc) is 1.35. The Kier molecular flexibility index (Phi) is 4.24. The lowest BCUT2D eigenvalue weighted by Gasteiger charge is -1.92. The predicted molar refractivity (Wildman–Crippen MR) is 36.8 cm³/mol. The van der Waals surface area contributed by atoms with Gasteiger partial charge in [-0.1, -0.05) is 21.2 Å². The van der Waals surface area contributed by atoms with E-state index in [9.17, 15) is 0 Å². The summed E-state index contributed by atoms with van der Waals surface area (Å²) in [6, 6.07) is 0. The third kappa shape index (κ3) is 4.65. The molecule has 1 atom stereocenters. The molecular weight excluding hydrogens is 111 g/mol. The van der Waals surface area contributed by atoms with Crippen LogP contribution in [0, 0.1) is 5.92 Å². The smallest absolute Gasteiger partial charge is 0.0262 e. The topological polar surface area (TPSA) is 0 Å². The van der Waals surface area contributed by atoms with Gasteiger partial charge >= 0.3 is 0 Å². The fourth-order valence-electron chi connectivity index (χ4n) is 0.192. The second-order valence-corrected chi connectivity index (χ2v) is 3.60. The number of hydrogen-bond acceptors (Lipinski definition) is 1. The van der Waals surface area contributed by atoms with Crippen molar-refractivity contribution in [2.24, 2.45) is 5.92 Å². The van der Waals surface area contributed by atoms with Crippen molar-refractivity contribution in [3.8, 4) is 0 Å². The second kappa shape index (κ2) is 3.83. The zero-order chi connectivity index (χ0) is 4.99. The van der Waals surface area contributed by atoms with Crippen molar-refractivity contribution < 1.29 is 0 Å². The molecule has 0 aliphatic heterocycles. The minimum absolute atomic E-state index is 0.336. The van der Waals surface area contributed by atoms with Gasteiger partial charge in [-0.3, -0.25) is 0 Å². The Morgan fingerprint density at radius 2 is 2.17 bits per heavy atom. The first-order valence-electron chi connectivity index (χ1n) is 2.21. The van der Waals surface area contributed by atoms with E-state index in [0.717, 1.165) is 5.92 Å². The van der Waals surface area contributed by atoms with E-state index in [1.54, 1.807) is 0 Å². The Hall–Kier alpha value is 0.650. The summed E-state index contributed by atoms with van der Waals surface area (Å²) in [6.07, 6.45) is 1.27. The summed E-state index contributed by atoms with van der Waals surface area (Å²) in [5.41, 5.74) is 0. The van der Waals surface area contributed by atoms with Gasteiger partial charge in [-0.15, -0.1) is 11.8 Å². The van der Waals surface area contributed by atoms with Crippen LogP contribution >= 0.6 is 7.36 Å². The van der Waals surface area contributed by atoms with Crippen molar-refractivity contribution in [1.82, 2.24) is 0 Å². The minimum Gasteiger partial charge on any atom is -0.104 e. The lowest BCUT2D eigenvalue weighted by molar-refractivity contribution is 0.750. The van der Waals surface area contributed by atoms with Crippen LogP contribution in [0.3, 0.4) is 0 Å². The Morgan fingerprint density at radius 3 is 2.17 bits per heavy atom. The summed E-state index contributed by atoms with van der Waals surface area (Å²) in [6.45, 7) is 4.42. The fraction of sp³-hybridized carbons (Fsp3) is 1.00. The van der Waals surface area contributed by atoms with Crippen LogP contribution in [-0.2, 0) is 11.8 Å². The van der Waals surface area contributed by atoms with Crippen molar-refractivity contribution in [2.45, 2.75) is 13.8 Å². The van der Waals surface area contributed by atoms with E-state index in [0.29, 0.717) is 7.36 Å². The third-order valence-corrected chi connectivity index (χ3v) is 2.28. The van der Waals surface area contributed by atoms with E-state index in [1.807, 2.05) is 0 Å². The highest BCUT2D eigenvalue weighted by atomic mass is 32.4. The van der Waals surface area contributed by atoms with Gasteiger partial charge in [0.05, 0.1) is 0 Å². The molecule has 0 saturated carbocycles. The maximum absolute atomic E-state index is 4.81. The molecule has 0 N–H and O–H groups in total. The van der Waals surface area contributed by atoms with Gasteiger partial charge in [-0.25, -0.2) is 0 Å². The number of rotatable bonds is 2. The quantitative estimate of drug-likeness (QED) is 0.500. The average molecular weight is 122 g/mol. The molecule has 0 amide bonds. The van der Waals surface area contributed by atoms with E-state index in [2.05, 4.69) is 13.8 Å². The van der Waals surface area contributed by atoms with Crippen LogP contribution in [-0.4, -0.2) is 6.16 Å². The van der Waals surface area contributed by atoms with E-state index < -0.39 is 0 Å². The first-order valence-corrected chi connectivity index (χ1v) is 4.91. The van der Waals surface area contributed by atoms with Crippen molar-refractivity contribution in [3.05, 3.63) is 0 Å². The van der Waals surface area contributed by atoms with Gasteiger partial charge in [-0.2, -0.15) is 0 Å². The molecule has 0 heterocycles. The molecule has 2 heteroatoms. The first kappa shape index (κ1) is 6.65. The van der Waals surface area contributed by atoms with Gasteiger partial charge in [0.2, 0.25) is 0 Å². The van der Waals surface area contributed by atoms with Crippen molar-refractivity contribution in [1.29, 1.82) is 0 Å². The molecule has 0 aromatic carbocycles. The van der Waals surface area contributed by atoms with Gasteiger partial charge in [0.15, 0.2) is 0 Å². The second-order valence-electron chi connectivity index (χ2n) is 1.80. The highest BCUT2D eigenvalue weighted by molar-refractivity contribution is 7.96. The maximum Gasteiger partial charge on any atom is -0.0262 e. The van der Waals surface area contributed by atoms with Gasteiger partial charge in [-0.05, 0) is 12.1 Å². The Bertz CT molecular complexity index is 42.8. The van der Waals surface area contributed by atoms with Gasteiger partial charge in [0.1, 0.15) is 0 Å². The third-order valence-electron chi connectivity index (χ3n) is 0.568. The lowest BCUT2D eigenvalue weighted by Crippen LogP contribution is -1.83. The summed E-state index contributed by atoms with van der Waals surface area (Å²) in [5.74, 6) is 0.831. The zero-order valence-corrected chi connectivity index (χ0v) is 6.24. The molecule has 6 heavy (non-hydrogen) atoms. The predicted octanol–water partition coefficient (Wildman–Crippen LogP) is 1.52. The molecule has 0 bridgehead atoms. The first-order chi connectivity index (χ1) is 2.77. The van der Waals surface area contributed by atoms with E-state index in [-0.39, 0.29) is 0 Å². The molecule has 0 nitrogen and oxygen atoms in total. The van der Waals surface area contributed by atoms with E-state index in [1.165, 1.54) is 6.16 Å². The Balaban J connectivity index is 2.81. The van der Waals surface area contributed by atoms with Crippen molar-refractivity contribution in [2.75, 3.05) is 6.16 Å². The summed E-state index contributed by atoms with van der Waals surface area (Å²) >= 11 is 4.81. The van der Waals surface area contributed by atoms with Crippen LogP contribution in [0.1, 0.15) is 13.8 Å². The fourth-order valence-corrected chi connectivity index (χ4v) is 1.73. The maximum atomic E-state index is 4.81. The summed E-state index contributed by atoms with van der Waals surface area (Å²) < 4.78 is 0. The normalized spacial score (nSPS) is 11.8. The highest BCUT2D eigenvalue weighted by Crippen LogP contribution is 2.00. The zero-order valence-electron chi connectivity index (χ0n) is 4.27. The molecule has 0 spiro atoms. The SMILES string of the molecule is CC(C)C[PH2]=S. The molecule has 0 rings (SSSR count). The van der Waals surface area contributed by atoms with E-state index in [4.69, 9.17) is 11.8 Å². The minimum atomic E-state index is 0.336. The van der Waals surface area contributed by atoms with Gasteiger partial charge < -0.3 is 0 Å². The highest BCUT2D eigenvalue weighted by Gasteiger charge is 1.83. The summed E-state index contributed by atoms with van der Waals surface area (Å²) in [5, 5.41) is 0. The Labute approximate surface area is 45.8 Å². The molecule has 0 fully saturated rings. The standard InChI is InChI=1S/C4H11PS/c1-4(2)3-5-6/h4H,3,5H2,1-2H3. The molecule has 0 saturated heterocycles. The molecule has 0 radical (unpaired) electrons. The van der Waals surface area contributed by atoms with Crippen molar-refractivity contribution in [3.63, 3.8) is 0 Å². The number of hydrogen-bond donors (Lipinski definition) is 0. The summed E-state index contributed by atoms with van der Waals surface area (Å²) in [4.78, 5) is 0. The summed E-state index contributed by atoms with van der Waals surface area (Å²) in [7, 11) is 0.336. The Morgan fingerprint density at radius 1 is 1.67 bits per heavy atom. The molecular formula is C4H11PS. The largest absolute Gasteiger partial charge is 0.104 e. The van der Waals surface area contributed by atoms with Crippen LogP contribution in [0.2, 0.25) is 0 Å².